The highest BCUT2D eigenvalue weighted by atomic mass is 16.5. The van der Waals surface area contributed by atoms with Crippen LogP contribution in [0, 0.1) is 34.5 Å². The van der Waals surface area contributed by atoms with Gasteiger partial charge in [0.15, 0.2) is 5.76 Å². The molecule has 166 valence electrons. The third kappa shape index (κ3) is 4.63. The van der Waals surface area contributed by atoms with Crippen molar-refractivity contribution in [2.24, 2.45) is 5.41 Å². The molecule has 0 aromatic carbocycles. The van der Waals surface area contributed by atoms with E-state index >= 15 is 0 Å². The fourth-order valence-corrected chi connectivity index (χ4v) is 4.88. The van der Waals surface area contributed by atoms with Crippen LogP contribution in [0.2, 0.25) is 0 Å². The fraction of sp³-hybridized carbons (Fsp3) is 0.444. The number of nitrogens with one attached hydrogen (secondary N) is 1. The van der Waals surface area contributed by atoms with Crippen LogP contribution in [0.5, 0.6) is 0 Å². The minimum atomic E-state index is -0.553. The van der Waals surface area contributed by atoms with Gasteiger partial charge in [-0.25, -0.2) is 0 Å². The van der Waals surface area contributed by atoms with E-state index in [-0.39, 0.29) is 24.1 Å². The Hall–Kier alpha value is -3.31. The van der Waals surface area contributed by atoms with Gasteiger partial charge >= 0.3 is 0 Å². The van der Waals surface area contributed by atoms with E-state index < -0.39 is 5.41 Å². The molecule has 5 heteroatoms. The van der Waals surface area contributed by atoms with Crippen molar-refractivity contribution in [3.05, 3.63) is 59.9 Å². The lowest BCUT2D eigenvalue weighted by Gasteiger charge is -2.50. The number of carbonyl (C=O) groups excluding carboxylic acids is 1. The van der Waals surface area contributed by atoms with Crippen LogP contribution in [0.15, 0.2) is 59.9 Å². The number of hydrogen-bond acceptors (Lipinski definition) is 4. The Bertz CT molecular complexity index is 964. The summed E-state index contributed by atoms with van der Waals surface area (Å²) in [6.45, 7) is 5.61. The van der Waals surface area contributed by atoms with Gasteiger partial charge in [0.05, 0.1) is 29.1 Å². The Morgan fingerprint density at radius 2 is 2.22 bits per heavy atom. The minimum Gasteiger partial charge on any atom is -0.482 e. The van der Waals surface area contributed by atoms with Gasteiger partial charge in [-0.1, -0.05) is 30.4 Å². The summed E-state index contributed by atoms with van der Waals surface area (Å²) in [6.07, 6.45) is 23.8. The first-order valence-electron chi connectivity index (χ1n) is 11.3. The molecule has 2 atom stereocenters. The third-order valence-electron chi connectivity index (χ3n) is 6.62. The van der Waals surface area contributed by atoms with E-state index in [4.69, 9.17) is 16.6 Å². The van der Waals surface area contributed by atoms with Gasteiger partial charge in [-0.2, -0.15) is 5.26 Å². The Kier molecular flexibility index (Phi) is 7.54. The van der Waals surface area contributed by atoms with Crippen molar-refractivity contribution >= 4 is 12.1 Å². The molecule has 1 saturated carbocycles. The topological polar surface area (TPSA) is 77.2 Å². The molecule has 2 heterocycles. The largest absolute Gasteiger partial charge is 0.482 e. The Labute approximate surface area is 191 Å². The number of nitrogens with zero attached hydrogens (tertiary/aromatic N) is 2. The summed E-state index contributed by atoms with van der Waals surface area (Å²) in [5.41, 5.74) is 0.820. The lowest BCUT2D eigenvalue weighted by atomic mass is 9.64. The van der Waals surface area contributed by atoms with Crippen LogP contribution in [0.4, 0.5) is 0 Å². The van der Waals surface area contributed by atoms with Crippen molar-refractivity contribution in [3.63, 3.8) is 0 Å². The van der Waals surface area contributed by atoms with Crippen LogP contribution in [-0.2, 0) is 9.53 Å². The number of terminal acetylenes is 1. The van der Waals surface area contributed by atoms with Crippen molar-refractivity contribution in [1.29, 1.82) is 10.7 Å². The SMILES string of the molecule is C#C/C(=C\C(C#N)=C\CCCC=C)OC1CC2(C=CC3CCC(/C(C=N)=C/C)N3C2=O)C1. The lowest BCUT2D eigenvalue weighted by Crippen LogP contribution is -2.58. The first kappa shape index (κ1) is 23.4. The van der Waals surface area contributed by atoms with Crippen LogP contribution in [0.25, 0.3) is 0 Å². The first-order valence-corrected chi connectivity index (χ1v) is 11.3. The second kappa shape index (κ2) is 10.3. The smallest absolute Gasteiger partial charge is 0.233 e. The number of allylic oxidation sites excluding steroid dienone is 6. The lowest BCUT2D eigenvalue weighted by molar-refractivity contribution is -0.154. The summed E-state index contributed by atoms with van der Waals surface area (Å²) < 4.78 is 5.96. The van der Waals surface area contributed by atoms with Gasteiger partial charge in [-0.3, -0.25) is 4.79 Å². The van der Waals surface area contributed by atoms with Crippen LogP contribution in [-0.4, -0.2) is 35.2 Å². The minimum absolute atomic E-state index is 0.0256. The monoisotopic (exact) mass is 429 g/mol. The quantitative estimate of drug-likeness (QED) is 0.107. The number of unbranched alkanes of at least 4 members (excludes halogenated alkanes) is 2. The van der Waals surface area contributed by atoms with E-state index in [1.165, 1.54) is 6.21 Å². The van der Waals surface area contributed by atoms with Gasteiger partial charge in [0.2, 0.25) is 5.91 Å². The molecule has 0 bridgehead atoms. The predicted molar refractivity (Wildman–Crippen MR) is 127 cm³/mol. The summed E-state index contributed by atoms with van der Waals surface area (Å²) in [5.74, 6) is 2.98. The molecule has 1 spiro atoms. The van der Waals surface area contributed by atoms with E-state index in [1.807, 2.05) is 30.1 Å². The molecule has 2 aliphatic heterocycles. The van der Waals surface area contributed by atoms with Crippen LogP contribution in [0.3, 0.4) is 0 Å². The zero-order valence-electron chi connectivity index (χ0n) is 18.7. The zero-order valence-corrected chi connectivity index (χ0v) is 18.7. The molecule has 2 unspecified atom stereocenters. The van der Waals surface area contributed by atoms with Crippen molar-refractivity contribution in [3.8, 4) is 18.4 Å². The van der Waals surface area contributed by atoms with Crippen LogP contribution in [0.1, 0.15) is 51.9 Å². The molecular formula is C27H31N3O2. The van der Waals surface area contributed by atoms with E-state index in [2.05, 4.69) is 30.7 Å². The highest BCUT2D eigenvalue weighted by molar-refractivity contribution is 5.90. The van der Waals surface area contributed by atoms with Gasteiger partial charge in [0, 0.05) is 25.1 Å². The van der Waals surface area contributed by atoms with E-state index in [0.29, 0.717) is 24.2 Å². The fourth-order valence-electron chi connectivity index (χ4n) is 4.88. The van der Waals surface area contributed by atoms with Crippen molar-refractivity contribution in [1.82, 2.24) is 4.90 Å². The van der Waals surface area contributed by atoms with Gasteiger partial charge in [0.25, 0.3) is 0 Å². The Morgan fingerprint density at radius 1 is 1.44 bits per heavy atom. The average Bonchev–Trinajstić information content (AvgIpc) is 3.21. The number of amides is 1. The molecular weight excluding hydrogens is 398 g/mol. The molecule has 5 nitrogen and oxygen atoms in total. The molecule has 3 aliphatic rings. The molecule has 32 heavy (non-hydrogen) atoms. The molecule has 1 aliphatic carbocycles. The first-order chi connectivity index (χ1) is 15.5. The standard InChI is InChI=1S/C27H31N3O2/c1-4-7-8-9-10-20(18-28)15-23(6-3)32-24-16-27(17-24)14-13-22-11-12-25(21(5-2)19-29)30(22)26(27)31/h3-5,10,13-15,19,22,24-25,29H,1,7-9,11-12,16-17H2,2H3/b20-10-,21-5+,23-15+,29-19?. The summed E-state index contributed by atoms with van der Waals surface area (Å²) in [4.78, 5) is 15.4. The number of ether oxygens (including phenoxy) is 1. The number of rotatable bonds is 9. The zero-order chi connectivity index (χ0) is 23.1. The third-order valence-corrected chi connectivity index (χ3v) is 6.62. The Morgan fingerprint density at radius 3 is 2.84 bits per heavy atom. The normalized spacial score (nSPS) is 29.7. The molecule has 0 aromatic rings. The molecule has 0 radical (unpaired) electrons. The van der Waals surface area contributed by atoms with Gasteiger partial charge < -0.3 is 15.0 Å². The van der Waals surface area contributed by atoms with E-state index in [1.54, 1.807) is 6.08 Å². The second-order valence-electron chi connectivity index (χ2n) is 8.61. The summed E-state index contributed by atoms with van der Waals surface area (Å²) in [5, 5.41) is 17.1. The number of fused-ring (bicyclic) bond motifs is 1. The number of nitriles is 1. The van der Waals surface area contributed by atoms with Gasteiger partial charge in [-0.15, -0.1) is 13.0 Å². The highest BCUT2D eigenvalue weighted by Gasteiger charge is 2.56. The van der Waals surface area contributed by atoms with Crippen molar-refractivity contribution in [2.45, 2.75) is 70.1 Å². The average molecular weight is 430 g/mol. The maximum atomic E-state index is 13.5. The van der Waals surface area contributed by atoms with Crippen LogP contribution >= 0.6 is 0 Å². The highest BCUT2D eigenvalue weighted by Crippen LogP contribution is 2.51. The number of hydrogen-bond donors (Lipinski definition) is 1. The van der Waals surface area contributed by atoms with Gasteiger partial charge in [-0.05, 0) is 50.5 Å². The molecule has 0 aromatic heterocycles. The summed E-state index contributed by atoms with van der Waals surface area (Å²) in [7, 11) is 0. The maximum absolute atomic E-state index is 13.5. The summed E-state index contributed by atoms with van der Waals surface area (Å²) in [6, 6.07) is 2.24. The molecule has 1 N–H and O–H groups in total. The summed E-state index contributed by atoms with van der Waals surface area (Å²) >= 11 is 0. The molecule has 1 amide bonds. The van der Waals surface area contributed by atoms with E-state index in [0.717, 1.165) is 37.7 Å². The second-order valence-corrected chi connectivity index (χ2v) is 8.61. The molecule has 2 fully saturated rings. The van der Waals surface area contributed by atoms with E-state index in [9.17, 15) is 10.1 Å². The Balaban J connectivity index is 1.65. The molecule has 1 saturated heterocycles. The maximum Gasteiger partial charge on any atom is 0.233 e. The van der Waals surface area contributed by atoms with Gasteiger partial charge in [0.1, 0.15) is 6.10 Å². The predicted octanol–water partition coefficient (Wildman–Crippen LogP) is 5.00. The van der Waals surface area contributed by atoms with Crippen molar-refractivity contribution in [2.75, 3.05) is 0 Å². The van der Waals surface area contributed by atoms with Crippen molar-refractivity contribution < 1.29 is 9.53 Å². The number of carbonyl (C=O) groups is 1. The molecule has 3 rings (SSSR count). The van der Waals surface area contributed by atoms with Crippen LogP contribution < -0.4 is 0 Å².